The van der Waals surface area contributed by atoms with Crippen molar-refractivity contribution >= 4 is 7.26 Å². The summed E-state index contributed by atoms with van der Waals surface area (Å²) in [6, 6.07) is 20.0. The molecule has 51 heavy (non-hydrogen) atoms. The number of aryl methyl sites for hydroxylation is 3. The highest BCUT2D eigenvalue weighted by molar-refractivity contribution is 7.75. The average Bonchev–Trinajstić information content (AvgIpc) is 3.11. The van der Waals surface area contributed by atoms with Crippen LogP contribution in [-0.2, 0) is 19.3 Å². The fraction of sp³-hybridized carbons (Fsp3) is 0.478. The van der Waals surface area contributed by atoms with Gasteiger partial charge in [-0.15, -0.1) is 5.75 Å². The standard InChI is InChI=1S/C30H30O4.C16H36P/c1-18-7-9-27(31)23(11-18)15-21-5-4-6-22(29(21)33)16-25-13-20(3)14-26(30(25)34)17-24-12-19(2)8-10-28(24)32;1-5-9-13-17(14-10-6-2,15-11-7-3)16-12-8-4/h4-14,31-34H,15-17H2,1-3H3;5-16H2,1-4H3/q;+1/p-1. The lowest BCUT2D eigenvalue weighted by molar-refractivity contribution is -0.270. The maximum atomic E-state index is 13.2. The third-order valence-electron chi connectivity index (χ3n) is 10.1. The van der Waals surface area contributed by atoms with E-state index in [1.165, 1.54) is 51.4 Å². The number of rotatable bonds is 18. The number of phenolic OH excluding ortho intramolecular Hbond substituents is 3. The van der Waals surface area contributed by atoms with E-state index in [4.69, 9.17) is 0 Å². The van der Waals surface area contributed by atoms with Gasteiger partial charge < -0.3 is 20.4 Å². The first kappa shape index (κ1) is 41.9. The zero-order chi connectivity index (χ0) is 37.4. The van der Waals surface area contributed by atoms with Gasteiger partial charge in [0.25, 0.3) is 0 Å². The predicted octanol–water partition coefficient (Wildman–Crippen LogP) is 11.8. The summed E-state index contributed by atoms with van der Waals surface area (Å²) in [6.45, 7) is 15.3. The van der Waals surface area contributed by atoms with Crippen LogP contribution < -0.4 is 5.11 Å². The minimum Gasteiger partial charge on any atom is -0.872 e. The van der Waals surface area contributed by atoms with Gasteiger partial charge in [0.1, 0.15) is 17.2 Å². The van der Waals surface area contributed by atoms with Gasteiger partial charge in [-0.3, -0.25) is 0 Å². The Morgan fingerprint density at radius 2 is 0.824 bits per heavy atom. The second-order valence-electron chi connectivity index (χ2n) is 14.8. The molecule has 5 heteroatoms. The van der Waals surface area contributed by atoms with Crippen LogP contribution in [0.3, 0.4) is 0 Å². The summed E-state index contributed by atoms with van der Waals surface area (Å²) < 4.78 is 0. The first-order chi connectivity index (χ1) is 24.4. The number of hydrogen-bond donors (Lipinski definition) is 3. The van der Waals surface area contributed by atoms with Crippen molar-refractivity contribution in [2.45, 2.75) is 119 Å². The van der Waals surface area contributed by atoms with Gasteiger partial charge in [0.05, 0.1) is 24.6 Å². The van der Waals surface area contributed by atoms with E-state index in [0.717, 1.165) is 22.3 Å². The highest BCUT2D eigenvalue weighted by atomic mass is 31.2. The van der Waals surface area contributed by atoms with E-state index < -0.39 is 7.26 Å². The van der Waals surface area contributed by atoms with Crippen LogP contribution in [0.5, 0.6) is 23.0 Å². The Kier molecular flexibility index (Phi) is 17.4. The van der Waals surface area contributed by atoms with E-state index in [1.807, 2.05) is 63.2 Å². The van der Waals surface area contributed by atoms with Gasteiger partial charge in [-0.2, -0.15) is 0 Å². The second-order valence-corrected chi connectivity index (χ2v) is 19.3. The molecule has 0 bridgehead atoms. The van der Waals surface area contributed by atoms with Crippen molar-refractivity contribution in [1.29, 1.82) is 0 Å². The average molecular weight is 713 g/mol. The summed E-state index contributed by atoms with van der Waals surface area (Å²) in [4.78, 5) is 0. The van der Waals surface area contributed by atoms with Gasteiger partial charge in [0.2, 0.25) is 0 Å². The minimum atomic E-state index is -0.562. The van der Waals surface area contributed by atoms with Crippen molar-refractivity contribution < 1.29 is 20.4 Å². The Morgan fingerprint density at radius 3 is 1.22 bits per heavy atom. The Balaban J connectivity index is 0.000000351. The predicted molar refractivity (Wildman–Crippen MR) is 219 cm³/mol. The quantitative estimate of drug-likeness (QED) is 0.0897. The summed E-state index contributed by atoms with van der Waals surface area (Å²) in [5.41, 5.74) is 7.08. The Labute approximate surface area is 310 Å². The fourth-order valence-electron chi connectivity index (χ4n) is 7.09. The van der Waals surface area contributed by atoms with Gasteiger partial charge in [-0.05, 0) is 80.8 Å². The zero-order valence-electron chi connectivity index (χ0n) is 32.7. The fourth-order valence-corrected chi connectivity index (χ4v) is 12.4. The Morgan fingerprint density at radius 1 is 0.471 bits per heavy atom. The third kappa shape index (κ3) is 12.9. The van der Waals surface area contributed by atoms with Crippen LogP contribution in [0, 0.1) is 20.8 Å². The molecule has 0 heterocycles. The van der Waals surface area contributed by atoms with Gasteiger partial charge in [-0.1, -0.05) is 136 Å². The van der Waals surface area contributed by atoms with Crippen LogP contribution in [0.2, 0.25) is 0 Å². The summed E-state index contributed by atoms with van der Waals surface area (Å²) in [6.07, 6.45) is 19.0. The molecule has 0 amide bonds. The molecule has 0 aromatic heterocycles. The van der Waals surface area contributed by atoms with Crippen LogP contribution in [0.15, 0.2) is 66.7 Å². The molecule has 0 saturated carbocycles. The molecule has 4 nitrogen and oxygen atoms in total. The van der Waals surface area contributed by atoms with E-state index in [-0.39, 0.29) is 23.0 Å². The molecule has 0 radical (unpaired) electrons. The molecule has 0 aliphatic carbocycles. The molecule has 4 aromatic carbocycles. The molecule has 0 fully saturated rings. The van der Waals surface area contributed by atoms with Crippen LogP contribution >= 0.6 is 7.26 Å². The Bertz CT molecular complexity index is 1620. The van der Waals surface area contributed by atoms with Crippen molar-refractivity contribution in [1.82, 2.24) is 0 Å². The number of para-hydroxylation sites is 1. The molecule has 0 spiro atoms. The van der Waals surface area contributed by atoms with Crippen molar-refractivity contribution in [3.8, 4) is 23.0 Å². The third-order valence-corrected chi connectivity index (χ3v) is 15.2. The second kappa shape index (κ2) is 21.1. The van der Waals surface area contributed by atoms with E-state index in [0.29, 0.717) is 47.1 Å². The molecule has 0 unspecified atom stereocenters. The molecule has 0 aliphatic heterocycles. The van der Waals surface area contributed by atoms with Crippen LogP contribution in [0.1, 0.15) is 129 Å². The highest BCUT2D eigenvalue weighted by Crippen LogP contribution is 2.61. The summed E-state index contributed by atoms with van der Waals surface area (Å²) >= 11 is 0. The maximum Gasteiger partial charge on any atom is 0.122 e. The molecule has 4 aromatic rings. The van der Waals surface area contributed by atoms with Gasteiger partial charge in [0, 0.05) is 26.5 Å². The van der Waals surface area contributed by atoms with Crippen LogP contribution in [0.25, 0.3) is 0 Å². The van der Waals surface area contributed by atoms with E-state index in [9.17, 15) is 20.4 Å². The number of phenols is 3. The maximum absolute atomic E-state index is 13.2. The van der Waals surface area contributed by atoms with Crippen LogP contribution in [-0.4, -0.2) is 40.0 Å². The lowest BCUT2D eigenvalue weighted by atomic mass is 9.93. The van der Waals surface area contributed by atoms with Crippen molar-refractivity contribution in [2.75, 3.05) is 24.6 Å². The normalized spacial score (nSPS) is 11.4. The first-order valence-corrected chi connectivity index (χ1v) is 22.0. The van der Waals surface area contributed by atoms with Crippen molar-refractivity contribution in [2.24, 2.45) is 0 Å². The molecule has 0 aliphatic rings. The topological polar surface area (TPSA) is 83.8 Å². The molecular formula is C46H65O4P. The summed E-state index contributed by atoms with van der Waals surface area (Å²) in [5.74, 6) is 0.438. The lowest BCUT2D eigenvalue weighted by Gasteiger charge is -2.28. The monoisotopic (exact) mass is 712 g/mol. The van der Waals surface area contributed by atoms with E-state index >= 15 is 0 Å². The summed E-state index contributed by atoms with van der Waals surface area (Å²) in [7, 11) is -0.562. The molecule has 278 valence electrons. The highest BCUT2D eigenvalue weighted by Gasteiger charge is 2.34. The molecule has 0 saturated heterocycles. The van der Waals surface area contributed by atoms with E-state index in [2.05, 4.69) is 27.7 Å². The van der Waals surface area contributed by atoms with Gasteiger partial charge in [0.15, 0.2) is 0 Å². The Hall–Kier alpha value is -3.49. The SMILES string of the molecule is CCCC[P+](CCCC)(CCCC)CCCC.Cc1ccc(O)c(Cc2cccc(Cc3cc(C)cc(Cc4cc(C)ccc4O)c3O)c2[O-])c1. The number of benzene rings is 4. The first-order valence-electron chi connectivity index (χ1n) is 19.5. The lowest BCUT2D eigenvalue weighted by Crippen LogP contribution is -2.12. The smallest absolute Gasteiger partial charge is 0.122 e. The number of aromatic hydroxyl groups is 3. The molecule has 3 N–H and O–H groups in total. The van der Waals surface area contributed by atoms with E-state index in [1.54, 1.807) is 48.9 Å². The molecular weight excluding hydrogens is 647 g/mol. The largest absolute Gasteiger partial charge is 0.872 e. The minimum absolute atomic E-state index is 0.0813. The van der Waals surface area contributed by atoms with Gasteiger partial charge in [-0.25, -0.2) is 0 Å². The van der Waals surface area contributed by atoms with Crippen molar-refractivity contribution in [3.63, 3.8) is 0 Å². The number of hydrogen-bond acceptors (Lipinski definition) is 4. The molecule has 0 atom stereocenters. The van der Waals surface area contributed by atoms with Crippen molar-refractivity contribution in [3.05, 3.63) is 117 Å². The van der Waals surface area contributed by atoms with Crippen LogP contribution in [0.4, 0.5) is 0 Å². The number of unbranched alkanes of at least 4 members (excludes halogenated alkanes) is 4. The zero-order valence-corrected chi connectivity index (χ0v) is 33.5. The van der Waals surface area contributed by atoms with Gasteiger partial charge >= 0.3 is 0 Å². The molecule has 4 rings (SSSR count). The summed E-state index contributed by atoms with van der Waals surface area (Å²) in [5, 5.41) is 44.7.